The van der Waals surface area contributed by atoms with Crippen LogP contribution in [-0.2, 0) is 0 Å². The lowest BCUT2D eigenvalue weighted by atomic mass is 9.96. The SMILES string of the molecule is O=C(O)c1cc(Cl)nc(N2CCC(C(F)(F)F)CC2)c1. The summed E-state index contributed by atoms with van der Waals surface area (Å²) in [6, 6.07) is 2.53. The van der Waals surface area contributed by atoms with Crippen LogP contribution in [0, 0.1) is 5.92 Å². The maximum absolute atomic E-state index is 12.6. The molecule has 0 unspecified atom stereocenters. The van der Waals surface area contributed by atoms with E-state index < -0.39 is 18.1 Å². The monoisotopic (exact) mass is 308 g/mol. The van der Waals surface area contributed by atoms with Gasteiger partial charge in [0, 0.05) is 13.1 Å². The molecule has 20 heavy (non-hydrogen) atoms. The number of halogens is 4. The number of pyridine rings is 1. The van der Waals surface area contributed by atoms with E-state index in [1.807, 2.05) is 0 Å². The van der Waals surface area contributed by atoms with Crippen LogP contribution in [0.2, 0.25) is 5.15 Å². The normalized spacial score (nSPS) is 17.3. The maximum atomic E-state index is 12.6. The molecule has 0 bridgehead atoms. The fraction of sp³-hybridized carbons (Fsp3) is 0.500. The largest absolute Gasteiger partial charge is 0.478 e. The zero-order valence-electron chi connectivity index (χ0n) is 10.3. The highest BCUT2D eigenvalue weighted by Gasteiger charge is 2.41. The predicted molar refractivity (Wildman–Crippen MR) is 67.2 cm³/mol. The van der Waals surface area contributed by atoms with Crippen LogP contribution in [0.25, 0.3) is 0 Å². The number of nitrogens with zero attached hydrogens (tertiary/aromatic N) is 2. The van der Waals surface area contributed by atoms with Gasteiger partial charge in [-0.2, -0.15) is 13.2 Å². The first-order valence-corrected chi connectivity index (χ1v) is 6.37. The fourth-order valence-corrected chi connectivity index (χ4v) is 2.41. The van der Waals surface area contributed by atoms with E-state index in [0.29, 0.717) is 5.82 Å². The highest BCUT2D eigenvalue weighted by atomic mass is 35.5. The summed E-state index contributed by atoms with van der Waals surface area (Å²) in [6.45, 7) is 0.354. The maximum Gasteiger partial charge on any atom is 0.391 e. The second-order valence-electron chi connectivity index (χ2n) is 4.64. The number of rotatable bonds is 2. The summed E-state index contributed by atoms with van der Waals surface area (Å²) in [4.78, 5) is 16.5. The number of piperidine rings is 1. The molecule has 1 aliphatic rings. The molecule has 0 aliphatic carbocycles. The quantitative estimate of drug-likeness (QED) is 0.852. The smallest absolute Gasteiger partial charge is 0.391 e. The Morgan fingerprint density at radius 3 is 2.45 bits per heavy atom. The van der Waals surface area contributed by atoms with Crippen molar-refractivity contribution in [2.45, 2.75) is 19.0 Å². The molecule has 8 heteroatoms. The summed E-state index contributed by atoms with van der Waals surface area (Å²) in [7, 11) is 0. The van der Waals surface area contributed by atoms with E-state index in [9.17, 15) is 18.0 Å². The Labute approximate surface area is 118 Å². The topological polar surface area (TPSA) is 53.4 Å². The minimum atomic E-state index is -4.18. The molecular formula is C12H12ClF3N2O2. The van der Waals surface area contributed by atoms with Gasteiger partial charge in [0.1, 0.15) is 11.0 Å². The number of alkyl halides is 3. The summed E-state index contributed by atoms with van der Waals surface area (Å²) in [5, 5.41) is 8.94. The van der Waals surface area contributed by atoms with Crippen molar-refractivity contribution in [2.24, 2.45) is 5.92 Å². The number of carbonyl (C=O) groups is 1. The average Bonchev–Trinajstić information content (AvgIpc) is 2.37. The van der Waals surface area contributed by atoms with Gasteiger partial charge in [-0.1, -0.05) is 11.6 Å². The average molecular weight is 309 g/mol. The molecule has 1 saturated heterocycles. The van der Waals surface area contributed by atoms with E-state index in [4.69, 9.17) is 16.7 Å². The lowest BCUT2D eigenvalue weighted by molar-refractivity contribution is -0.179. The fourth-order valence-electron chi connectivity index (χ4n) is 2.20. The van der Waals surface area contributed by atoms with E-state index in [0.717, 1.165) is 0 Å². The van der Waals surface area contributed by atoms with Crippen LogP contribution in [0.15, 0.2) is 12.1 Å². The Kier molecular flexibility index (Phi) is 4.08. The molecule has 2 rings (SSSR count). The molecule has 4 nitrogen and oxygen atoms in total. The molecule has 110 valence electrons. The molecule has 1 aromatic rings. The van der Waals surface area contributed by atoms with Crippen molar-refractivity contribution in [2.75, 3.05) is 18.0 Å². The van der Waals surface area contributed by atoms with Crippen molar-refractivity contribution in [3.05, 3.63) is 22.8 Å². The molecule has 0 saturated carbocycles. The molecule has 1 aliphatic heterocycles. The van der Waals surface area contributed by atoms with E-state index >= 15 is 0 Å². The van der Waals surface area contributed by atoms with E-state index in [1.165, 1.54) is 12.1 Å². The van der Waals surface area contributed by atoms with Gasteiger partial charge in [0.2, 0.25) is 0 Å². The first-order valence-electron chi connectivity index (χ1n) is 6.00. The molecule has 0 amide bonds. The van der Waals surface area contributed by atoms with Crippen LogP contribution >= 0.6 is 11.6 Å². The van der Waals surface area contributed by atoms with Gasteiger partial charge in [-0.15, -0.1) is 0 Å². The zero-order chi connectivity index (χ0) is 14.9. The van der Waals surface area contributed by atoms with Crippen LogP contribution in [0.1, 0.15) is 23.2 Å². The second-order valence-corrected chi connectivity index (χ2v) is 5.03. The summed E-state index contributed by atoms with van der Waals surface area (Å²) >= 11 is 5.73. The molecule has 2 heterocycles. The second kappa shape index (κ2) is 5.47. The molecule has 0 atom stereocenters. The van der Waals surface area contributed by atoms with E-state index in [1.54, 1.807) is 4.90 Å². The van der Waals surface area contributed by atoms with Gasteiger partial charge in [-0.05, 0) is 25.0 Å². The third kappa shape index (κ3) is 3.33. The van der Waals surface area contributed by atoms with Gasteiger partial charge in [0.05, 0.1) is 11.5 Å². The standard InChI is InChI=1S/C12H12ClF3N2O2/c13-9-5-7(11(19)20)6-10(17-9)18-3-1-8(2-4-18)12(14,15)16/h5-6,8H,1-4H2,(H,19,20). The number of hydrogen-bond donors (Lipinski definition) is 1. The number of hydrogen-bond acceptors (Lipinski definition) is 3. The van der Waals surface area contributed by atoms with Crippen molar-refractivity contribution in [1.29, 1.82) is 0 Å². The number of carboxylic acids is 1. The summed E-state index contributed by atoms with van der Waals surface area (Å²) in [5.41, 5.74) is -0.0297. The van der Waals surface area contributed by atoms with E-state index in [-0.39, 0.29) is 36.6 Å². The predicted octanol–water partition coefficient (Wildman–Crippen LogP) is 3.21. The van der Waals surface area contributed by atoms with Gasteiger partial charge >= 0.3 is 12.1 Å². The molecule has 1 fully saturated rings. The van der Waals surface area contributed by atoms with Crippen molar-refractivity contribution in [1.82, 2.24) is 4.98 Å². The minimum absolute atomic E-state index is 0.0119. The van der Waals surface area contributed by atoms with Crippen molar-refractivity contribution >= 4 is 23.4 Å². The van der Waals surface area contributed by atoms with Crippen LogP contribution in [0.4, 0.5) is 19.0 Å². The van der Waals surface area contributed by atoms with Crippen LogP contribution in [-0.4, -0.2) is 35.3 Å². The Balaban J connectivity index is 2.13. The highest BCUT2D eigenvalue weighted by molar-refractivity contribution is 6.29. The Bertz CT molecular complexity index is 514. The number of anilines is 1. The number of aromatic nitrogens is 1. The highest BCUT2D eigenvalue weighted by Crippen LogP contribution is 2.35. The minimum Gasteiger partial charge on any atom is -0.478 e. The van der Waals surface area contributed by atoms with Gasteiger partial charge in [-0.3, -0.25) is 0 Å². The van der Waals surface area contributed by atoms with Gasteiger partial charge in [0.25, 0.3) is 0 Å². The lowest BCUT2D eigenvalue weighted by Gasteiger charge is -2.33. The van der Waals surface area contributed by atoms with Crippen LogP contribution in [0.5, 0.6) is 0 Å². The van der Waals surface area contributed by atoms with Gasteiger partial charge in [0.15, 0.2) is 0 Å². The van der Waals surface area contributed by atoms with Crippen LogP contribution < -0.4 is 4.90 Å². The molecule has 1 aromatic heterocycles. The number of carboxylic acid groups (broad SMARTS) is 1. The molecule has 1 N–H and O–H groups in total. The van der Waals surface area contributed by atoms with Crippen molar-refractivity contribution in [3.63, 3.8) is 0 Å². The third-order valence-corrected chi connectivity index (χ3v) is 3.50. The Hall–Kier alpha value is -1.50. The zero-order valence-corrected chi connectivity index (χ0v) is 11.1. The molecule has 0 aromatic carbocycles. The Morgan fingerprint density at radius 1 is 1.35 bits per heavy atom. The molecular weight excluding hydrogens is 297 g/mol. The van der Waals surface area contributed by atoms with Gasteiger partial charge in [-0.25, -0.2) is 9.78 Å². The van der Waals surface area contributed by atoms with Crippen molar-refractivity contribution in [3.8, 4) is 0 Å². The molecule has 0 radical (unpaired) electrons. The summed E-state index contributed by atoms with van der Waals surface area (Å²) in [6.07, 6.45) is -4.24. The summed E-state index contributed by atoms with van der Waals surface area (Å²) < 4.78 is 37.7. The van der Waals surface area contributed by atoms with E-state index in [2.05, 4.69) is 4.98 Å². The first-order chi connectivity index (χ1) is 9.27. The third-order valence-electron chi connectivity index (χ3n) is 3.31. The number of aromatic carboxylic acids is 1. The van der Waals surface area contributed by atoms with Crippen LogP contribution in [0.3, 0.4) is 0 Å². The van der Waals surface area contributed by atoms with Gasteiger partial charge < -0.3 is 10.0 Å². The van der Waals surface area contributed by atoms with Crippen molar-refractivity contribution < 1.29 is 23.1 Å². The summed E-state index contributed by atoms with van der Waals surface area (Å²) in [5.74, 6) is -2.16. The lowest BCUT2D eigenvalue weighted by Crippen LogP contribution is -2.39. The first kappa shape index (κ1) is 14.9. The Morgan fingerprint density at radius 2 is 1.95 bits per heavy atom. The molecule has 0 spiro atoms.